The fraction of sp³-hybridized carbons (Fsp3) is 0.333. The molecule has 0 aromatic heterocycles. The number of carbonyl (C=O) groups excluding carboxylic acids is 1. The van der Waals surface area contributed by atoms with Gasteiger partial charge in [-0.25, -0.2) is 0 Å². The van der Waals surface area contributed by atoms with Crippen molar-refractivity contribution in [1.82, 2.24) is 0 Å². The van der Waals surface area contributed by atoms with E-state index >= 15 is 0 Å². The fourth-order valence-corrected chi connectivity index (χ4v) is 0.892. The second kappa shape index (κ2) is 4.79. The van der Waals surface area contributed by atoms with E-state index in [0.29, 0.717) is 0 Å². The number of carbonyl (C=O) groups is 1. The average molecular weight is 173 g/mol. The number of rotatable bonds is 3. The maximum absolute atomic E-state index is 10.3. The molecule has 0 rings (SSSR count). The smallest absolute Gasteiger partial charge is 0.221 e. The van der Waals surface area contributed by atoms with Gasteiger partial charge >= 0.3 is 0 Å². The molecule has 5 heteroatoms. The first-order valence-corrected chi connectivity index (χ1v) is 3.85. The van der Waals surface area contributed by atoms with Crippen molar-refractivity contribution in [2.45, 2.75) is 13.3 Å². The van der Waals surface area contributed by atoms with Gasteiger partial charge in [0.2, 0.25) is 5.91 Å². The summed E-state index contributed by atoms with van der Waals surface area (Å²) >= 11 is 1.07. The molecule has 0 unspecified atom stereocenters. The Balaban J connectivity index is 3.81. The molecule has 0 heterocycles. The first-order valence-electron chi connectivity index (χ1n) is 2.97. The molecule has 1 amide bonds. The largest absolute Gasteiger partial charge is 0.378 e. The maximum Gasteiger partial charge on any atom is 0.221 e. The van der Waals surface area contributed by atoms with Crippen molar-refractivity contribution in [2.24, 2.45) is 11.5 Å². The predicted octanol–water partition coefficient (Wildman–Crippen LogP) is 0.392. The molecule has 0 fully saturated rings. The van der Waals surface area contributed by atoms with E-state index in [4.69, 9.17) is 16.9 Å². The highest BCUT2D eigenvalue weighted by Crippen LogP contribution is 2.08. The number of thioether (sulfide) groups is 1. The summed E-state index contributed by atoms with van der Waals surface area (Å²) in [7, 11) is 0. The summed E-state index contributed by atoms with van der Waals surface area (Å²) < 4.78 is 0. The molecule has 0 spiro atoms. The lowest BCUT2D eigenvalue weighted by Gasteiger charge is -1.95. The predicted molar refractivity (Wildman–Crippen MR) is 47.1 cm³/mol. The van der Waals surface area contributed by atoms with Gasteiger partial charge in [-0.1, -0.05) is 17.3 Å². The summed E-state index contributed by atoms with van der Waals surface area (Å²) in [6.07, 6.45) is 0.222. The lowest BCUT2D eigenvalue weighted by atomic mass is 10.2. The van der Waals surface area contributed by atoms with Crippen LogP contribution in [0.1, 0.15) is 13.3 Å². The molecule has 0 aliphatic carbocycles. The van der Waals surface area contributed by atoms with Crippen LogP contribution >= 0.6 is 11.8 Å². The molecule has 0 saturated carbocycles. The van der Waals surface area contributed by atoms with Crippen molar-refractivity contribution in [2.75, 3.05) is 0 Å². The topological polar surface area (TPSA) is 93.0 Å². The van der Waals surface area contributed by atoms with Crippen LogP contribution in [-0.2, 0) is 4.79 Å². The molecule has 5 N–H and O–H groups in total. The van der Waals surface area contributed by atoms with Crippen LogP contribution in [0.3, 0.4) is 0 Å². The van der Waals surface area contributed by atoms with Gasteiger partial charge in [0.15, 0.2) is 5.17 Å². The third-order valence-electron chi connectivity index (χ3n) is 0.840. The molecule has 11 heavy (non-hydrogen) atoms. The third kappa shape index (κ3) is 6.92. The standard InChI is InChI=1S/C6H11N3OS/c1-4(2-5(7)10)3-11-6(8)9/h3H,2H2,1H3,(H2,7,10)(H3,8,9)/b4-3+. The van der Waals surface area contributed by atoms with Gasteiger partial charge in [0.25, 0.3) is 0 Å². The third-order valence-corrected chi connectivity index (χ3v) is 1.61. The Morgan fingerprint density at radius 2 is 2.18 bits per heavy atom. The van der Waals surface area contributed by atoms with Crippen LogP contribution < -0.4 is 11.5 Å². The lowest BCUT2D eigenvalue weighted by molar-refractivity contribution is -0.117. The van der Waals surface area contributed by atoms with Crippen LogP contribution in [0, 0.1) is 5.41 Å². The molecule has 0 bridgehead atoms. The zero-order valence-electron chi connectivity index (χ0n) is 6.26. The summed E-state index contributed by atoms with van der Waals surface area (Å²) in [6.45, 7) is 1.76. The summed E-state index contributed by atoms with van der Waals surface area (Å²) in [5.74, 6) is -0.372. The van der Waals surface area contributed by atoms with Gasteiger partial charge in [-0.15, -0.1) is 0 Å². The zero-order valence-corrected chi connectivity index (χ0v) is 7.07. The molecule has 0 aliphatic heterocycles. The Hall–Kier alpha value is -0.970. The number of nitrogens with one attached hydrogen (secondary N) is 1. The molecule has 0 aromatic rings. The Morgan fingerprint density at radius 1 is 1.64 bits per heavy atom. The number of hydrogen-bond donors (Lipinski definition) is 3. The van der Waals surface area contributed by atoms with Crippen LogP contribution in [0.15, 0.2) is 11.0 Å². The highest BCUT2D eigenvalue weighted by atomic mass is 32.2. The van der Waals surface area contributed by atoms with Crippen LogP contribution in [0.25, 0.3) is 0 Å². The zero-order chi connectivity index (χ0) is 8.85. The van der Waals surface area contributed by atoms with Crippen molar-refractivity contribution in [3.05, 3.63) is 11.0 Å². The van der Waals surface area contributed by atoms with E-state index in [1.165, 1.54) is 0 Å². The second-order valence-electron chi connectivity index (χ2n) is 2.09. The number of amides is 1. The quantitative estimate of drug-likeness (QED) is 0.426. The average Bonchev–Trinajstić information content (AvgIpc) is 1.82. The SMILES string of the molecule is C/C(=C\SC(=N)N)CC(N)=O. The van der Waals surface area contributed by atoms with Crippen LogP contribution in [0.4, 0.5) is 0 Å². The Morgan fingerprint density at radius 3 is 2.55 bits per heavy atom. The van der Waals surface area contributed by atoms with Crippen molar-refractivity contribution >= 4 is 22.8 Å². The normalized spacial score (nSPS) is 11.2. The second-order valence-corrected chi connectivity index (χ2v) is 3.00. The monoisotopic (exact) mass is 173 g/mol. The van der Waals surface area contributed by atoms with Crippen LogP contribution in [0.5, 0.6) is 0 Å². The number of hydrogen-bond acceptors (Lipinski definition) is 3. The van der Waals surface area contributed by atoms with E-state index in [1.54, 1.807) is 12.3 Å². The number of primary amides is 1. The molecular formula is C6H11N3OS. The fourth-order valence-electron chi connectivity index (χ4n) is 0.481. The van der Waals surface area contributed by atoms with Gasteiger partial charge in [-0.05, 0) is 12.3 Å². The van der Waals surface area contributed by atoms with Crippen molar-refractivity contribution < 1.29 is 4.79 Å². The molecule has 0 aliphatic rings. The minimum Gasteiger partial charge on any atom is -0.378 e. The Kier molecular flexibility index (Phi) is 4.36. The van der Waals surface area contributed by atoms with Crippen LogP contribution in [0.2, 0.25) is 0 Å². The van der Waals surface area contributed by atoms with Crippen LogP contribution in [-0.4, -0.2) is 11.1 Å². The van der Waals surface area contributed by atoms with Crippen molar-refractivity contribution in [3.63, 3.8) is 0 Å². The highest BCUT2D eigenvalue weighted by molar-refractivity contribution is 8.16. The first kappa shape index (κ1) is 10.0. The minimum absolute atomic E-state index is 0.00817. The van der Waals surface area contributed by atoms with E-state index in [0.717, 1.165) is 17.3 Å². The maximum atomic E-state index is 10.3. The summed E-state index contributed by atoms with van der Waals surface area (Å²) in [4.78, 5) is 10.3. The molecule has 0 radical (unpaired) electrons. The van der Waals surface area contributed by atoms with Gasteiger partial charge < -0.3 is 11.5 Å². The molecule has 0 atom stereocenters. The van der Waals surface area contributed by atoms with E-state index in [-0.39, 0.29) is 17.5 Å². The number of amidine groups is 1. The van der Waals surface area contributed by atoms with E-state index in [9.17, 15) is 4.79 Å². The van der Waals surface area contributed by atoms with Gasteiger partial charge in [-0.2, -0.15) is 0 Å². The molecule has 0 saturated heterocycles. The minimum atomic E-state index is -0.372. The van der Waals surface area contributed by atoms with Gasteiger partial charge in [0.1, 0.15) is 0 Å². The van der Waals surface area contributed by atoms with Crippen molar-refractivity contribution in [3.8, 4) is 0 Å². The highest BCUT2D eigenvalue weighted by Gasteiger charge is 1.95. The molecule has 4 nitrogen and oxygen atoms in total. The van der Waals surface area contributed by atoms with E-state index < -0.39 is 0 Å². The Bertz CT molecular complexity index is 200. The van der Waals surface area contributed by atoms with Gasteiger partial charge in [-0.3, -0.25) is 10.2 Å². The molecule has 0 aromatic carbocycles. The van der Waals surface area contributed by atoms with Gasteiger partial charge in [0, 0.05) is 6.42 Å². The summed E-state index contributed by atoms with van der Waals surface area (Å²) in [5, 5.41) is 8.50. The van der Waals surface area contributed by atoms with E-state index in [1.807, 2.05) is 0 Å². The number of nitrogens with two attached hydrogens (primary N) is 2. The van der Waals surface area contributed by atoms with Gasteiger partial charge in [0.05, 0.1) is 0 Å². The summed E-state index contributed by atoms with van der Waals surface area (Å²) in [5.41, 5.74) is 10.8. The summed E-state index contributed by atoms with van der Waals surface area (Å²) in [6, 6.07) is 0. The van der Waals surface area contributed by atoms with Crippen molar-refractivity contribution in [1.29, 1.82) is 5.41 Å². The van der Waals surface area contributed by atoms with E-state index in [2.05, 4.69) is 0 Å². The Labute approximate surface area is 69.5 Å². The molecular weight excluding hydrogens is 162 g/mol. The molecule has 62 valence electrons. The first-order chi connectivity index (χ1) is 5.02. The lowest BCUT2D eigenvalue weighted by Crippen LogP contribution is -2.10.